The molecule has 0 unspecified atom stereocenters. The molecule has 0 amide bonds. The zero-order valence-corrected chi connectivity index (χ0v) is 5.41. The molecule has 0 nitrogen and oxygen atoms in total. The van der Waals surface area contributed by atoms with E-state index in [2.05, 4.69) is 13.8 Å². The van der Waals surface area contributed by atoms with Crippen LogP contribution in [-0.4, -0.2) is 9.52 Å². The average molecular weight is 98.2 g/mol. The predicted octanol–water partition coefficient (Wildman–Crippen LogP) is 1.71. The van der Waals surface area contributed by atoms with E-state index in [1.807, 2.05) is 0 Å². The highest BCUT2D eigenvalue weighted by molar-refractivity contribution is 6.43. The molecule has 34 valence electrons. The highest BCUT2D eigenvalue weighted by Crippen LogP contribution is 2.39. The normalized spacial score (nSPS) is 29.0. The first-order valence-corrected chi connectivity index (χ1v) is 3.66. The third kappa shape index (κ3) is 0.646. The fraction of sp³-hybridized carbons (Fsp3) is 1.00. The first kappa shape index (κ1) is 4.38. The Morgan fingerprint density at radius 3 is 1.83 bits per heavy atom. The van der Waals surface area contributed by atoms with Gasteiger partial charge in [-0.15, -0.1) is 0 Å². The molecule has 2 radical (unpaired) electrons. The second-order valence-corrected chi connectivity index (χ2v) is 4.77. The van der Waals surface area contributed by atoms with Gasteiger partial charge in [-0.3, -0.25) is 0 Å². The van der Waals surface area contributed by atoms with Gasteiger partial charge >= 0.3 is 0 Å². The van der Waals surface area contributed by atoms with Crippen molar-refractivity contribution >= 4 is 9.52 Å². The monoisotopic (exact) mass is 98.1 g/mol. The molecule has 0 spiro atoms. The quantitative estimate of drug-likeness (QED) is 0.405. The molecule has 6 heavy (non-hydrogen) atoms. The molecule has 0 aromatic heterocycles. The molecule has 0 saturated carbocycles. The van der Waals surface area contributed by atoms with Crippen LogP contribution in [0.2, 0.25) is 11.1 Å². The third-order valence-electron chi connectivity index (χ3n) is 1.35. The molecule has 0 aromatic carbocycles. The largest absolute Gasteiger partial charge is 0.0628 e. The van der Waals surface area contributed by atoms with Crippen molar-refractivity contribution in [2.45, 2.75) is 31.4 Å². The molecule has 1 saturated heterocycles. The van der Waals surface area contributed by atoms with Gasteiger partial charge in [-0.05, 0) is 5.04 Å². The van der Waals surface area contributed by atoms with Gasteiger partial charge in [0, 0.05) is 9.52 Å². The van der Waals surface area contributed by atoms with Crippen LogP contribution in [0.4, 0.5) is 0 Å². The molecule has 0 N–H and O–H groups in total. The molecular weight excluding hydrogens is 88.1 g/mol. The number of hydrogen-bond donors (Lipinski definition) is 0. The minimum Gasteiger partial charge on any atom is -0.0628 e. The Labute approximate surface area is 41.8 Å². The average Bonchev–Trinajstić information content (AvgIpc) is 1.32. The Bertz CT molecular complexity index is 51.0. The summed E-state index contributed by atoms with van der Waals surface area (Å²) in [5, 5.41) is 0.750. The predicted molar refractivity (Wildman–Crippen MR) is 29.2 cm³/mol. The summed E-state index contributed by atoms with van der Waals surface area (Å²) in [6.45, 7) is 4.68. The van der Waals surface area contributed by atoms with Crippen molar-refractivity contribution in [3.63, 3.8) is 0 Å². The van der Waals surface area contributed by atoms with Gasteiger partial charge in [0.05, 0.1) is 0 Å². The van der Waals surface area contributed by atoms with E-state index in [1.165, 1.54) is 22.0 Å². The van der Waals surface area contributed by atoms with Gasteiger partial charge in [0.2, 0.25) is 0 Å². The summed E-state index contributed by atoms with van der Waals surface area (Å²) < 4.78 is 0. The van der Waals surface area contributed by atoms with E-state index in [9.17, 15) is 0 Å². The topological polar surface area (TPSA) is 0 Å². The van der Waals surface area contributed by atoms with Crippen LogP contribution in [0.3, 0.4) is 0 Å². The molecule has 1 heteroatoms. The zero-order valence-electron chi connectivity index (χ0n) is 4.41. The summed E-state index contributed by atoms with van der Waals surface area (Å²) in [6.07, 6.45) is 1.46. The van der Waals surface area contributed by atoms with E-state index in [4.69, 9.17) is 0 Å². The van der Waals surface area contributed by atoms with Gasteiger partial charge in [-0.2, -0.15) is 0 Å². The van der Waals surface area contributed by atoms with E-state index >= 15 is 0 Å². The standard InChI is InChI=1S/C5H10Si/c1-5(2)3-4-6-5/h3-4H2,1-2H3. The highest BCUT2D eigenvalue weighted by Gasteiger charge is 2.26. The van der Waals surface area contributed by atoms with Crippen molar-refractivity contribution in [3.8, 4) is 0 Å². The molecule has 1 rings (SSSR count). The van der Waals surface area contributed by atoms with Gasteiger partial charge in [0.15, 0.2) is 0 Å². The molecule has 0 atom stereocenters. The summed E-state index contributed by atoms with van der Waals surface area (Å²) in [5.74, 6) is 0. The van der Waals surface area contributed by atoms with Crippen LogP contribution in [0.5, 0.6) is 0 Å². The van der Waals surface area contributed by atoms with Crippen LogP contribution < -0.4 is 0 Å². The van der Waals surface area contributed by atoms with Gasteiger partial charge < -0.3 is 0 Å². The minimum absolute atomic E-state index is 0.750. The van der Waals surface area contributed by atoms with Crippen LogP contribution in [0, 0.1) is 0 Å². The SMILES string of the molecule is CC1(C)CC[Si]1. The van der Waals surface area contributed by atoms with Crippen molar-refractivity contribution in [1.29, 1.82) is 0 Å². The van der Waals surface area contributed by atoms with E-state index < -0.39 is 0 Å². The fourth-order valence-corrected chi connectivity index (χ4v) is 1.87. The van der Waals surface area contributed by atoms with Crippen LogP contribution in [0.1, 0.15) is 20.3 Å². The van der Waals surface area contributed by atoms with Gasteiger partial charge in [0.1, 0.15) is 0 Å². The lowest BCUT2D eigenvalue weighted by Crippen LogP contribution is -2.22. The lowest BCUT2D eigenvalue weighted by molar-refractivity contribution is 0.580. The Morgan fingerprint density at radius 1 is 1.50 bits per heavy atom. The fourth-order valence-electron chi connectivity index (χ4n) is 0.625. The molecule has 0 aliphatic carbocycles. The Kier molecular flexibility index (Phi) is 0.797. The molecule has 0 aromatic rings. The van der Waals surface area contributed by atoms with E-state index in [-0.39, 0.29) is 0 Å². The summed E-state index contributed by atoms with van der Waals surface area (Å²) in [6, 6.07) is 1.49. The van der Waals surface area contributed by atoms with Crippen molar-refractivity contribution < 1.29 is 0 Å². The van der Waals surface area contributed by atoms with Crippen molar-refractivity contribution in [3.05, 3.63) is 0 Å². The molecule has 1 fully saturated rings. The Hall–Kier alpha value is 0.217. The van der Waals surface area contributed by atoms with Gasteiger partial charge in [-0.1, -0.05) is 26.3 Å². The summed E-state index contributed by atoms with van der Waals surface area (Å²) >= 11 is 0. The van der Waals surface area contributed by atoms with Gasteiger partial charge in [0.25, 0.3) is 0 Å². The van der Waals surface area contributed by atoms with Crippen LogP contribution in [-0.2, 0) is 0 Å². The number of rotatable bonds is 0. The maximum Gasteiger partial charge on any atom is 0.0448 e. The summed E-state index contributed by atoms with van der Waals surface area (Å²) in [4.78, 5) is 0. The molecule has 0 bridgehead atoms. The molecule has 1 aliphatic rings. The van der Waals surface area contributed by atoms with E-state index in [0.29, 0.717) is 0 Å². The van der Waals surface area contributed by atoms with Crippen molar-refractivity contribution in [1.82, 2.24) is 0 Å². The summed E-state index contributed by atoms with van der Waals surface area (Å²) in [5.41, 5.74) is 0. The molecule has 1 aliphatic heterocycles. The van der Waals surface area contributed by atoms with Crippen molar-refractivity contribution in [2.75, 3.05) is 0 Å². The second kappa shape index (κ2) is 1.09. The third-order valence-corrected chi connectivity index (χ3v) is 3.06. The Morgan fingerprint density at radius 2 is 1.83 bits per heavy atom. The van der Waals surface area contributed by atoms with Crippen LogP contribution in [0.25, 0.3) is 0 Å². The maximum absolute atomic E-state index is 2.34. The summed E-state index contributed by atoms with van der Waals surface area (Å²) in [7, 11) is 1.25. The van der Waals surface area contributed by atoms with E-state index in [0.717, 1.165) is 5.04 Å². The van der Waals surface area contributed by atoms with Gasteiger partial charge in [-0.25, -0.2) is 0 Å². The van der Waals surface area contributed by atoms with Crippen LogP contribution in [0.15, 0.2) is 0 Å². The smallest absolute Gasteiger partial charge is 0.0448 e. The number of hydrogen-bond acceptors (Lipinski definition) is 0. The second-order valence-electron chi connectivity index (χ2n) is 2.56. The highest BCUT2D eigenvalue weighted by atomic mass is 28.2. The first-order valence-electron chi connectivity index (χ1n) is 2.46. The van der Waals surface area contributed by atoms with Crippen LogP contribution >= 0.6 is 0 Å². The lowest BCUT2D eigenvalue weighted by atomic mass is 10.1. The Balaban J connectivity index is 2.31. The van der Waals surface area contributed by atoms with Crippen molar-refractivity contribution in [2.24, 2.45) is 0 Å². The van der Waals surface area contributed by atoms with E-state index in [1.54, 1.807) is 0 Å². The minimum atomic E-state index is 0.750. The molecule has 1 heterocycles. The first-order chi connectivity index (χ1) is 2.71. The lowest BCUT2D eigenvalue weighted by Gasteiger charge is -2.32. The maximum atomic E-state index is 2.34. The zero-order chi connectivity index (χ0) is 4.62. The molecular formula is C5H10Si.